The van der Waals surface area contributed by atoms with Crippen molar-refractivity contribution in [3.8, 4) is 0 Å². The summed E-state index contributed by atoms with van der Waals surface area (Å²) < 4.78 is 12.9. The van der Waals surface area contributed by atoms with E-state index in [-0.39, 0.29) is 30.0 Å². The number of amides is 1. The van der Waals surface area contributed by atoms with Crippen molar-refractivity contribution >= 4 is 11.7 Å². The average Bonchev–Trinajstić information content (AvgIpc) is 3.28. The van der Waals surface area contributed by atoms with E-state index in [4.69, 9.17) is 9.47 Å². The Labute approximate surface area is 162 Å². The van der Waals surface area contributed by atoms with E-state index < -0.39 is 5.69 Å². The van der Waals surface area contributed by atoms with Gasteiger partial charge in [0.15, 0.2) is 6.29 Å². The molecule has 0 saturated carbocycles. The minimum absolute atomic E-state index is 0.0994. The fourth-order valence-electron chi connectivity index (χ4n) is 3.60. The molecule has 1 aromatic heterocycles. The molecule has 2 aliphatic rings. The summed E-state index contributed by atoms with van der Waals surface area (Å²) in [6.07, 6.45) is 5.76. The molecule has 2 heterocycles. The molecule has 0 bridgehead atoms. The van der Waals surface area contributed by atoms with Crippen molar-refractivity contribution in [2.24, 2.45) is 5.92 Å². The maximum atomic E-state index is 12.5. The molecule has 0 spiro atoms. The number of rotatable bonds is 6. The first-order chi connectivity index (χ1) is 13.7. The van der Waals surface area contributed by atoms with Crippen LogP contribution in [0, 0.1) is 5.92 Å². The number of fused-ring (bicyclic) bond motifs is 1. The Bertz CT molecular complexity index is 967. The normalized spacial score (nSPS) is 23.1. The molecule has 144 valence electrons. The molecule has 1 N–H and O–H groups in total. The molecule has 1 amide bonds. The van der Waals surface area contributed by atoms with Gasteiger partial charge in [-0.2, -0.15) is 4.98 Å². The lowest BCUT2D eigenvalue weighted by molar-refractivity contribution is -0.0847. The molecule has 7 nitrogen and oxygen atoms in total. The van der Waals surface area contributed by atoms with E-state index in [1.807, 2.05) is 12.1 Å². The standard InChI is InChI=1S/C21H21N3O4/c1-2-10-27-20-17-12-16(11-15(17)13-28-20)24-9-8-18(23-21(24)26)22-19(25)14-6-4-3-5-7-14/h2-9,12,15-16,20H,1,10-11,13H2,(H,22,23,25,26)/t15-,16-,20-/m0/s1. The van der Waals surface area contributed by atoms with Crippen LogP contribution in [0.1, 0.15) is 22.8 Å². The maximum absolute atomic E-state index is 12.5. The number of carbonyl (C=O) groups excluding carboxylic acids is 1. The number of anilines is 1. The highest BCUT2D eigenvalue weighted by atomic mass is 16.7. The molecule has 4 rings (SSSR count). The molecule has 0 unspecified atom stereocenters. The van der Waals surface area contributed by atoms with Gasteiger partial charge in [0, 0.05) is 17.7 Å². The van der Waals surface area contributed by atoms with Crippen molar-refractivity contribution < 1.29 is 14.3 Å². The fraction of sp³-hybridized carbons (Fsp3) is 0.286. The van der Waals surface area contributed by atoms with Crippen LogP contribution in [0.2, 0.25) is 0 Å². The van der Waals surface area contributed by atoms with Gasteiger partial charge in [0.2, 0.25) is 0 Å². The Morgan fingerprint density at radius 3 is 2.93 bits per heavy atom. The second-order valence-electron chi connectivity index (χ2n) is 6.78. The Balaban J connectivity index is 1.48. The van der Waals surface area contributed by atoms with Gasteiger partial charge in [-0.1, -0.05) is 30.4 Å². The number of hydrogen-bond donors (Lipinski definition) is 1. The van der Waals surface area contributed by atoms with Crippen LogP contribution in [0.15, 0.2) is 71.7 Å². The van der Waals surface area contributed by atoms with Gasteiger partial charge in [-0.25, -0.2) is 4.79 Å². The lowest BCUT2D eigenvalue weighted by atomic mass is 10.0. The largest absolute Gasteiger partial charge is 0.350 e. The third-order valence-corrected chi connectivity index (χ3v) is 4.93. The van der Waals surface area contributed by atoms with E-state index in [1.165, 1.54) is 0 Å². The molecule has 0 radical (unpaired) electrons. The van der Waals surface area contributed by atoms with Crippen LogP contribution in [0.5, 0.6) is 0 Å². The van der Waals surface area contributed by atoms with Gasteiger partial charge < -0.3 is 14.8 Å². The van der Waals surface area contributed by atoms with Crippen LogP contribution in [0.3, 0.4) is 0 Å². The fourth-order valence-corrected chi connectivity index (χ4v) is 3.60. The van der Waals surface area contributed by atoms with Crippen LogP contribution < -0.4 is 11.0 Å². The Kier molecular flexibility index (Phi) is 5.18. The summed E-state index contributed by atoms with van der Waals surface area (Å²) in [5.74, 6) is 0.169. The lowest BCUT2D eigenvalue weighted by Gasteiger charge is -2.14. The highest BCUT2D eigenvalue weighted by Crippen LogP contribution is 2.40. The second kappa shape index (κ2) is 7.92. The third-order valence-electron chi connectivity index (χ3n) is 4.93. The summed E-state index contributed by atoms with van der Waals surface area (Å²) in [4.78, 5) is 28.7. The maximum Gasteiger partial charge on any atom is 0.350 e. The number of nitrogens with one attached hydrogen (secondary N) is 1. The summed E-state index contributed by atoms with van der Waals surface area (Å²) in [5, 5.41) is 2.66. The van der Waals surface area contributed by atoms with Gasteiger partial charge in [0.05, 0.1) is 19.3 Å². The van der Waals surface area contributed by atoms with Crippen LogP contribution in [0.4, 0.5) is 5.82 Å². The van der Waals surface area contributed by atoms with E-state index in [0.29, 0.717) is 18.8 Å². The van der Waals surface area contributed by atoms with Gasteiger partial charge in [-0.15, -0.1) is 6.58 Å². The van der Waals surface area contributed by atoms with Crippen molar-refractivity contribution in [3.05, 3.63) is 82.9 Å². The highest BCUT2D eigenvalue weighted by molar-refractivity contribution is 6.03. The summed E-state index contributed by atoms with van der Waals surface area (Å²) in [6.45, 7) is 4.64. The highest BCUT2D eigenvalue weighted by Gasteiger charge is 2.38. The molecule has 1 saturated heterocycles. The Hall–Kier alpha value is -3.03. The smallest absolute Gasteiger partial charge is 0.348 e. The molecule has 1 aliphatic heterocycles. The first-order valence-electron chi connectivity index (χ1n) is 9.17. The number of benzene rings is 1. The van der Waals surface area contributed by atoms with E-state index in [0.717, 1.165) is 12.0 Å². The molecule has 7 heteroatoms. The predicted molar refractivity (Wildman–Crippen MR) is 104 cm³/mol. The van der Waals surface area contributed by atoms with Crippen molar-refractivity contribution in [1.29, 1.82) is 0 Å². The van der Waals surface area contributed by atoms with E-state index >= 15 is 0 Å². The van der Waals surface area contributed by atoms with Gasteiger partial charge >= 0.3 is 5.69 Å². The van der Waals surface area contributed by atoms with Crippen molar-refractivity contribution in [2.45, 2.75) is 18.8 Å². The molecular formula is C21H21N3O4. The van der Waals surface area contributed by atoms with Gasteiger partial charge in [0.25, 0.3) is 5.91 Å². The van der Waals surface area contributed by atoms with E-state index in [9.17, 15) is 9.59 Å². The predicted octanol–water partition coefficient (Wildman–Crippen LogP) is 2.54. The summed E-state index contributed by atoms with van der Waals surface area (Å²) in [6, 6.07) is 10.3. The first kappa shape index (κ1) is 18.3. The Morgan fingerprint density at radius 2 is 2.18 bits per heavy atom. The molecule has 28 heavy (non-hydrogen) atoms. The van der Waals surface area contributed by atoms with Gasteiger partial charge in [0.1, 0.15) is 5.82 Å². The van der Waals surface area contributed by atoms with Crippen molar-refractivity contribution in [1.82, 2.24) is 9.55 Å². The van der Waals surface area contributed by atoms with Crippen LogP contribution in [-0.4, -0.2) is 35.0 Å². The minimum atomic E-state index is -0.405. The first-order valence-corrected chi connectivity index (χ1v) is 9.17. The molecule has 2 aromatic rings. The average molecular weight is 379 g/mol. The van der Waals surface area contributed by atoms with Gasteiger partial charge in [-0.05, 0) is 30.2 Å². The van der Waals surface area contributed by atoms with E-state index in [1.54, 1.807) is 47.2 Å². The minimum Gasteiger partial charge on any atom is -0.348 e. The molecule has 1 aromatic carbocycles. The Morgan fingerprint density at radius 1 is 1.36 bits per heavy atom. The van der Waals surface area contributed by atoms with Crippen molar-refractivity contribution in [3.63, 3.8) is 0 Å². The molecule has 1 fully saturated rings. The van der Waals surface area contributed by atoms with Gasteiger partial charge in [-0.3, -0.25) is 9.36 Å². The van der Waals surface area contributed by atoms with E-state index in [2.05, 4.69) is 16.9 Å². The second-order valence-corrected chi connectivity index (χ2v) is 6.78. The molecular weight excluding hydrogens is 358 g/mol. The number of ether oxygens (including phenoxy) is 2. The van der Waals surface area contributed by atoms with Crippen LogP contribution >= 0.6 is 0 Å². The van der Waals surface area contributed by atoms with Crippen molar-refractivity contribution in [2.75, 3.05) is 18.5 Å². The topological polar surface area (TPSA) is 82.4 Å². The monoisotopic (exact) mass is 379 g/mol. The number of allylic oxidation sites excluding steroid dienone is 1. The summed E-state index contributed by atoms with van der Waals surface area (Å²) in [5.41, 5.74) is 1.17. The zero-order valence-corrected chi connectivity index (χ0v) is 15.3. The quantitative estimate of drug-likeness (QED) is 0.780. The molecule has 3 atom stereocenters. The van der Waals surface area contributed by atoms with Crippen LogP contribution in [0.25, 0.3) is 0 Å². The third kappa shape index (κ3) is 3.67. The number of nitrogens with zero attached hydrogens (tertiary/aromatic N) is 2. The lowest BCUT2D eigenvalue weighted by Crippen LogP contribution is -2.27. The van der Waals surface area contributed by atoms with Crippen LogP contribution in [-0.2, 0) is 9.47 Å². The number of carbonyl (C=O) groups is 1. The number of aromatic nitrogens is 2. The zero-order valence-electron chi connectivity index (χ0n) is 15.3. The molecule has 1 aliphatic carbocycles. The SMILES string of the molecule is C=CCO[C@H]1OC[C@@H]2C[C@H](n3ccc(NC(=O)c4ccccc4)nc3=O)C=C21. The zero-order chi connectivity index (χ0) is 19.5. The summed E-state index contributed by atoms with van der Waals surface area (Å²) >= 11 is 0. The summed E-state index contributed by atoms with van der Waals surface area (Å²) in [7, 11) is 0. The number of hydrogen-bond acceptors (Lipinski definition) is 5.